The van der Waals surface area contributed by atoms with E-state index in [9.17, 15) is 5.11 Å². The Balaban J connectivity index is 2.14. The highest BCUT2D eigenvalue weighted by atomic mass is 32.2. The zero-order chi connectivity index (χ0) is 20.1. The van der Waals surface area contributed by atoms with Gasteiger partial charge in [0.15, 0.2) is 11.5 Å². The molecule has 1 aliphatic rings. The molecule has 28 heavy (non-hydrogen) atoms. The average molecular weight is 402 g/mol. The van der Waals surface area contributed by atoms with Gasteiger partial charge < -0.3 is 14.6 Å². The normalized spacial score (nSPS) is 22.8. The van der Waals surface area contributed by atoms with E-state index < -0.39 is 6.10 Å². The number of rotatable bonds is 7. The number of fused-ring (bicyclic) bond motifs is 1. The van der Waals surface area contributed by atoms with E-state index in [4.69, 9.17) is 9.47 Å². The maximum atomic E-state index is 11.1. The van der Waals surface area contributed by atoms with Gasteiger partial charge in [0, 0.05) is 10.6 Å². The summed E-state index contributed by atoms with van der Waals surface area (Å²) < 4.78 is 11.1. The van der Waals surface area contributed by atoms with Gasteiger partial charge in [-0.3, -0.25) is 5.32 Å². The Hall–Kier alpha value is -1.69. The number of hydrogen-bond donors (Lipinski definition) is 2. The number of aliphatic hydroxyl groups excluding tert-OH is 1. The van der Waals surface area contributed by atoms with Crippen molar-refractivity contribution < 1.29 is 14.6 Å². The second kappa shape index (κ2) is 9.21. The highest BCUT2D eigenvalue weighted by molar-refractivity contribution is 7.99. The first-order chi connectivity index (χ1) is 13.6. The number of thioether (sulfide) groups is 1. The number of nitrogens with one attached hydrogen (secondary N) is 1. The number of benzene rings is 2. The third-order valence-electron chi connectivity index (χ3n) is 5.71. The lowest BCUT2D eigenvalue weighted by molar-refractivity contribution is 0.0574. The minimum Gasteiger partial charge on any atom is -0.493 e. The summed E-state index contributed by atoms with van der Waals surface area (Å²) in [6, 6.07) is 14.5. The van der Waals surface area contributed by atoms with Gasteiger partial charge >= 0.3 is 0 Å². The molecule has 0 bridgehead atoms. The summed E-state index contributed by atoms with van der Waals surface area (Å²) in [7, 11) is 3.33. The van der Waals surface area contributed by atoms with Crippen molar-refractivity contribution in [1.29, 1.82) is 0 Å². The number of methoxy groups -OCH3 is 2. The summed E-state index contributed by atoms with van der Waals surface area (Å²) in [4.78, 5) is 1.16. The van der Waals surface area contributed by atoms with Crippen molar-refractivity contribution in [3.05, 3.63) is 53.6 Å². The minimum absolute atomic E-state index is 0.0301. The predicted octanol–water partition coefficient (Wildman–Crippen LogP) is 4.80. The lowest BCUT2D eigenvalue weighted by Crippen LogP contribution is -2.56. The Labute approximate surface area is 172 Å². The van der Waals surface area contributed by atoms with Crippen LogP contribution in [0.5, 0.6) is 11.5 Å². The molecule has 1 heterocycles. The summed E-state index contributed by atoms with van der Waals surface area (Å²) >= 11 is 1.78. The molecule has 2 aromatic carbocycles. The van der Waals surface area contributed by atoms with Crippen LogP contribution in [0.2, 0.25) is 0 Å². The number of aliphatic hydroxyl groups is 1. The Kier molecular flexibility index (Phi) is 6.91. The summed E-state index contributed by atoms with van der Waals surface area (Å²) in [5, 5.41) is 14.9. The Morgan fingerprint density at radius 1 is 1.14 bits per heavy atom. The van der Waals surface area contributed by atoms with Gasteiger partial charge in [-0.1, -0.05) is 50.6 Å². The van der Waals surface area contributed by atoms with Crippen LogP contribution in [-0.4, -0.2) is 36.7 Å². The smallest absolute Gasteiger partial charge is 0.161 e. The van der Waals surface area contributed by atoms with Gasteiger partial charge in [-0.25, -0.2) is 0 Å². The number of hydrogen-bond acceptors (Lipinski definition) is 5. The summed E-state index contributed by atoms with van der Waals surface area (Å²) in [6.07, 6.45) is 2.19. The van der Waals surface area contributed by atoms with Crippen molar-refractivity contribution in [1.82, 2.24) is 5.32 Å². The molecule has 3 unspecified atom stereocenters. The first kappa shape index (κ1) is 21.0. The molecular formula is C23H31NO3S. The molecule has 0 saturated carbocycles. The fraction of sp³-hybridized carbons (Fsp3) is 0.478. The van der Waals surface area contributed by atoms with Crippen LogP contribution in [0.3, 0.4) is 0 Å². The van der Waals surface area contributed by atoms with Gasteiger partial charge in [-0.05, 0) is 36.1 Å². The molecule has 0 saturated heterocycles. The summed E-state index contributed by atoms with van der Waals surface area (Å²) in [6.45, 7) is 4.28. The SMILES string of the molecule is CCCC(O)C1(CC)CSc2cc(OC)c(OC)cc2C(c2ccccc2)N1. The number of ether oxygens (including phenoxy) is 2. The van der Waals surface area contributed by atoms with Crippen molar-refractivity contribution in [3.63, 3.8) is 0 Å². The molecule has 2 aromatic rings. The molecule has 152 valence electrons. The van der Waals surface area contributed by atoms with Crippen LogP contribution in [-0.2, 0) is 0 Å². The van der Waals surface area contributed by atoms with Crippen molar-refractivity contribution in [2.24, 2.45) is 0 Å². The maximum Gasteiger partial charge on any atom is 0.161 e. The van der Waals surface area contributed by atoms with E-state index in [-0.39, 0.29) is 11.6 Å². The van der Waals surface area contributed by atoms with Crippen molar-refractivity contribution in [2.75, 3.05) is 20.0 Å². The van der Waals surface area contributed by atoms with Crippen LogP contribution in [0, 0.1) is 0 Å². The molecular weight excluding hydrogens is 370 g/mol. The highest BCUT2D eigenvalue weighted by Crippen LogP contribution is 2.45. The fourth-order valence-electron chi connectivity index (χ4n) is 3.93. The lowest BCUT2D eigenvalue weighted by atomic mass is 9.85. The van der Waals surface area contributed by atoms with Crippen LogP contribution in [0.1, 0.15) is 50.3 Å². The molecule has 4 nitrogen and oxygen atoms in total. The van der Waals surface area contributed by atoms with Gasteiger partial charge in [-0.15, -0.1) is 11.8 Å². The van der Waals surface area contributed by atoms with Gasteiger partial charge in [0.1, 0.15) is 0 Å². The van der Waals surface area contributed by atoms with E-state index in [1.807, 2.05) is 6.07 Å². The Morgan fingerprint density at radius 3 is 2.43 bits per heavy atom. The van der Waals surface area contributed by atoms with Crippen LogP contribution < -0.4 is 14.8 Å². The largest absolute Gasteiger partial charge is 0.493 e. The van der Waals surface area contributed by atoms with Gasteiger partial charge in [0.2, 0.25) is 0 Å². The first-order valence-corrected chi connectivity index (χ1v) is 11.0. The van der Waals surface area contributed by atoms with Crippen molar-refractivity contribution in [2.45, 2.75) is 55.7 Å². The van der Waals surface area contributed by atoms with E-state index in [2.05, 4.69) is 55.6 Å². The monoisotopic (exact) mass is 401 g/mol. The summed E-state index contributed by atoms with van der Waals surface area (Å²) in [5.41, 5.74) is 1.98. The molecule has 0 aliphatic carbocycles. The maximum absolute atomic E-state index is 11.1. The van der Waals surface area contributed by atoms with Gasteiger partial charge in [0.25, 0.3) is 0 Å². The standard InChI is InChI=1S/C23H31NO3S/c1-5-10-21(25)23(6-2)15-28-20-14-19(27-4)18(26-3)13-17(20)22(24-23)16-11-8-7-9-12-16/h7-9,11-14,21-22,24-25H,5-6,10,15H2,1-4H3. The highest BCUT2D eigenvalue weighted by Gasteiger charge is 2.41. The van der Waals surface area contributed by atoms with Crippen LogP contribution in [0.25, 0.3) is 0 Å². The molecule has 3 rings (SSSR count). The lowest BCUT2D eigenvalue weighted by Gasteiger charge is -2.40. The van der Waals surface area contributed by atoms with Crippen LogP contribution in [0.15, 0.2) is 47.4 Å². The topological polar surface area (TPSA) is 50.7 Å². The van der Waals surface area contributed by atoms with E-state index in [1.165, 1.54) is 5.56 Å². The first-order valence-electron chi connectivity index (χ1n) is 9.98. The van der Waals surface area contributed by atoms with E-state index in [0.717, 1.165) is 47.0 Å². The zero-order valence-electron chi connectivity index (χ0n) is 17.2. The van der Waals surface area contributed by atoms with Crippen LogP contribution in [0.4, 0.5) is 0 Å². The molecule has 1 aliphatic heterocycles. The Morgan fingerprint density at radius 2 is 1.82 bits per heavy atom. The predicted molar refractivity (Wildman–Crippen MR) is 116 cm³/mol. The average Bonchev–Trinajstić information content (AvgIpc) is 2.91. The summed E-state index contributed by atoms with van der Waals surface area (Å²) in [5.74, 6) is 2.26. The van der Waals surface area contributed by atoms with Crippen LogP contribution >= 0.6 is 11.8 Å². The van der Waals surface area contributed by atoms with E-state index in [1.54, 1.807) is 26.0 Å². The fourth-order valence-corrected chi connectivity index (χ4v) is 5.36. The quantitative estimate of drug-likeness (QED) is 0.698. The second-order valence-corrected chi connectivity index (χ2v) is 8.35. The zero-order valence-corrected chi connectivity index (χ0v) is 18.0. The molecule has 0 spiro atoms. The molecule has 0 fully saturated rings. The minimum atomic E-state index is -0.403. The Bertz CT molecular complexity index is 783. The molecule has 2 N–H and O–H groups in total. The van der Waals surface area contributed by atoms with Gasteiger partial charge in [-0.2, -0.15) is 0 Å². The molecule has 0 radical (unpaired) electrons. The molecule has 3 atom stereocenters. The van der Waals surface area contributed by atoms with Crippen molar-refractivity contribution >= 4 is 11.8 Å². The van der Waals surface area contributed by atoms with E-state index >= 15 is 0 Å². The third kappa shape index (κ3) is 4.02. The molecule has 5 heteroatoms. The molecule has 0 aromatic heterocycles. The second-order valence-electron chi connectivity index (χ2n) is 7.34. The van der Waals surface area contributed by atoms with Crippen molar-refractivity contribution in [3.8, 4) is 11.5 Å². The third-order valence-corrected chi connectivity index (χ3v) is 7.03. The van der Waals surface area contributed by atoms with Gasteiger partial charge in [0.05, 0.1) is 31.9 Å². The van der Waals surface area contributed by atoms with E-state index in [0.29, 0.717) is 0 Å². The molecule has 0 amide bonds.